The second kappa shape index (κ2) is 5.98. The molecule has 0 bridgehead atoms. The van der Waals surface area contributed by atoms with Crippen LogP contribution in [0.2, 0.25) is 0 Å². The predicted octanol–water partition coefficient (Wildman–Crippen LogP) is 3.78. The molecule has 1 unspecified atom stereocenters. The molecule has 0 radical (unpaired) electrons. The Morgan fingerprint density at radius 2 is 2.25 bits per heavy atom. The first-order valence-corrected chi connectivity index (χ1v) is 8.18. The summed E-state index contributed by atoms with van der Waals surface area (Å²) >= 11 is 1.86. The van der Waals surface area contributed by atoms with Crippen LogP contribution in [0.4, 0.5) is 5.69 Å². The summed E-state index contributed by atoms with van der Waals surface area (Å²) < 4.78 is 0. The molecule has 2 heterocycles. The van der Waals surface area contributed by atoms with Crippen molar-refractivity contribution in [3.8, 4) is 0 Å². The Labute approximate surface area is 125 Å². The minimum absolute atomic E-state index is 0.569. The number of likely N-dealkylation sites (N-methyl/N-ethyl adjacent to an activating group) is 1. The summed E-state index contributed by atoms with van der Waals surface area (Å²) in [4.78, 5) is 3.92. The average Bonchev–Trinajstić information content (AvgIpc) is 3.08. The van der Waals surface area contributed by atoms with Crippen molar-refractivity contribution in [2.45, 2.75) is 32.4 Å². The average molecular weight is 286 g/mol. The molecule has 106 valence electrons. The summed E-state index contributed by atoms with van der Waals surface area (Å²) in [6.45, 7) is 4.43. The Bertz CT molecular complexity index is 562. The molecule has 2 nitrogen and oxygen atoms in total. The molecule has 3 rings (SSSR count). The van der Waals surface area contributed by atoms with Gasteiger partial charge in [-0.25, -0.2) is 0 Å². The van der Waals surface area contributed by atoms with Crippen LogP contribution >= 0.6 is 11.3 Å². The summed E-state index contributed by atoms with van der Waals surface area (Å²) in [6.07, 6.45) is 2.30. The maximum absolute atomic E-state index is 3.42. The molecule has 0 saturated carbocycles. The SMILES string of the molecule is CC(Cc1cccs1)N(C)Cc1ccc2c(c1)CCN2. The Balaban J connectivity index is 1.62. The second-order valence-electron chi connectivity index (χ2n) is 5.72. The number of fused-ring (bicyclic) bond motifs is 1. The number of benzene rings is 1. The highest BCUT2D eigenvalue weighted by molar-refractivity contribution is 7.09. The number of anilines is 1. The first-order valence-electron chi connectivity index (χ1n) is 7.30. The van der Waals surface area contributed by atoms with E-state index in [1.807, 2.05) is 11.3 Å². The van der Waals surface area contributed by atoms with Gasteiger partial charge in [0, 0.05) is 29.7 Å². The van der Waals surface area contributed by atoms with Crippen molar-refractivity contribution < 1.29 is 0 Å². The minimum atomic E-state index is 0.569. The number of nitrogens with one attached hydrogen (secondary N) is 1. The molecule has 0 fully saturated rings. The van der Waals surface area contributed by atoms with E-state index in [2.05, 4.69) is 59.9 Å². The summed E-state index contributed by atoms with van der Waals surface area (Å²) in [7, 11) is 2.23. The Hall–Kier alpha value is -1.32. The van der Waals surface area contributed by atoms with Crippen molar-refractivity contribution >= 4 is 17.0 Å². The van der Waals surface area contributed by atoms with Crippen LogP contribution in [0.3, 0.4) is 0 Å². The molecule has 2 aromatic rings. The van der Waals surface area contributed by atoms with E-state index in [0.29, 0.717) is 6.04 Å². The van der Waals surface area contributed by atoms with Gasteiger partial charge in [0.2, 0.25) is 0 Å². The van der Waals surface area contributed by atoms with Crippen molar-refractivity contribution in [1.29, 1.82) is 0 Å². The maximum atomic E-state index is 3.42. The summed E-state index contributed by atoms with van der Waals surface area (Å²) in [6, 6.07) is 11.8. The lowest BCUT2D eigenvalue weighted by Gasteiger charge is -2.24. The van der Waals surface area contributed by atoms with E-state index in [9.17, 15) is 0 Å². The number of thiophene rings is 1. The van der Waals surface area contributed by atoms with Gasteiger partial charge < -0.3 is 5.32 Å². The molecule has 0 saturated heterocycles. The fraction of sp³-hybridized carbons (Fsp3) is 0.412. The molecular formula is C17H22N2S. The van der Waals surface area contributed by atoms with Gasteiger partial charge in [-0.3, -0.25) is 4.90 Å². The number of hydrogen-bond donors (Lipinski definition) is 1. The van der Waals surface area contributed by atoms with Crippen molar-refractivity contribution in [2.24, 2.45) is 0 Å². The van der Waals surface area contributed by atoms with Crippen LogP contribution in [0.5, 0.6) is 0 Å². The van der Waals surface area contributed by atoms with Crippen molar-refractivity contribution in [3.63, 3.8) is 0 Å². The smallest absolute Gasteiger partial charge is 0.0373 e. The van der Waals surface area contributed by atoms with Gasteiger partial charge >= 0.3 is 0 Å². The molecule has 0 aliphatic carbocycles. The number of nitrogens with zero attached hydrogens (tertiary/aromatic N) is 1. The van der Waals surface area contributed by atoms with Crippen LogP contribution in [0, 0.1) is 0 Å². The van der Waals surface area contributed by atoms with Crippen LogP contribution in [-0.2, 0) is 19.4 Å². The van der Waals surface area contributed by atoms with E-state index < -0.39 is 0 Å². The molecule has 20 heavy (non-hydrogen) atoms. The fourth-order valence-corrected chi connectivity index (χ4v) is 3.60. The first kappa shape index (κ1) is 13.7. The maximum Gasteiger partial charge on any atom is 0.0373 e. The highest BCUT2D eigenvalue weighted by Gasteiger charge is 2.14. The molecule has 1 aromatic carbocycles. The van der Waals surface area contributed by atoms with E-state index in [0.717, 1.165) is 25.9 Å². The second-order valence-corrected chi connectivity index (χ2v) is 6.75. The Kier molecular flexibility index (Phi) is 4.08. The molecule has 3 heteroatoms. The third kappa shape index (κ3) is 3.05. The van der Waals surface area contributed by atoms with Crippen LogP contribution in [0.25, 0.3) is 0 Å². The molecular weight excluding hydrogens is 264 g/mol. The van der Waals surface area contributed by atoms with E-state index in [4.69, 9.17) is 0 Å². The quantitative estimate of drug-likeness (QED) is 0.900. The minimum Gasteiger partial charge on any atom is -0.384 e. The van der Waals surface area contributed by atoms with Crippen LogP contribution in [0.15, 0.2) is 35.7 Å². The normalized spacial score (nSPS) is 15.2. The lowest BCUT2D eigenvalue weighted by molar-refractivity contribution is 0.249. The molecule has 1 aromatic heterocycles. The first-order chi connectivity index (χ1) is 9.72. The molecule has 1 N–H and O–H groups in total. The van der Waals surface area contributed by atoms with Gasteiger partial charge in [0.25, 0.3) is 0 Å². The van der Waals surface area contributed by atoms with Crippen molar-refractivity contribution in [1.82, 2.24) is 4.90 Å². The fourth-order valence-electron chi connectivity index (χ4n) is 2.78. The highest BCUT2D eigenvalue weighted by Crippen LogP contribution is 2.24. The van der Waals surface area contributed by atoms with Gasteiger partial charge in [-0.2, -0.15) is 0 Å². The van der Waals surface area contributed by atoms with Gasteiger partial charge in [0.05, 0.1) is 0 Å². The largest absolute Gasteiger partial charge is 0.384 e. The predicted molar refractivity (Wildman–Crippen MR) is 87.6 cm³/mol. The van der Waals surface area contributed by atoms with E-state index in [-0.39, 0.29) is 0 Å². The van der Waals surface area contributed by atoms with Crippen molar-refractivity contribution in [3.05, 3.63) is 51.7 Å². The van der Waals surface area contributed by atoms with Crippen LogP contribution in [0.1, 0.15) is 22.9 Å². The van der Waals surface area contributed by atoms with E-state index in [1.165, 1.54) is 21.7 Å². The zero-order valence-electron chi connectivity index (χ0n) is 12.2. The zero-order chi connectivity index (χ0) is 13.9. The van der Waals surface area contributed by atoms with Gasteiger partial charge in [-0.1, -0.05) is 18.2 Å². The topological polar surface area (TPSA) is 15.3 Å². The van der Waals surface area contributed by atoms with Crippen LogP contribution in [-0.4, -0.2) is 24.5 Å². The third-order valence-electron chi connectivity index (χ3n) is 4.14. The third-order valence-corrected chi connectivity index (χ3v) is 5.04. The standard InChI is InChI=1S/C17H22N2S/c1-13(10-16-4-3-9-20-16)19(2)12-14-5-6-17-15(11-14)7-8-18-17/h3-6,9,11,13,18H,7-8,10,12H2,1-2H3. The summed E-state index contributed by atoms with van der Waals surface area (Å²) in [5, 5.41) is 5.58. The van der Waals surface area contributed by atoms with Crippen molar-refractivity contribution in [2.75, 3.05) is 18.9 Å². The highest BCUT2D eigenvalue weighted by atomic mass is 32.1. The van der Waals surface area contributed by atoms with Gasteiger partial charge in [0.15, 0.2) is 0 Å². The Morgan fingerprint density at radius 3 is 3.05 bits per heavy atom. The molecule has 0 spiro atoms. The molecule has 1 atom stereocenters. The van der Waals surface area contributed by atoms with Crippen LogP contribution < -0.4 is 5.32 Å². The molecule has 0 amide bonds. The lowest BCUT2D eigenvalue weighted by Crippen LogP contribution is -2.30. The zero-order valence-corrected chi connectivity index (χ0v) is 13.0. The monoisotopic (exact) mass is 286 g/mol. The lowest BCUT2D eigenvalue weighted by atomic mass is 10.1. The summed E-state index contributed by atoms with van der Waals surface area (Å²) in [5.74, 6) is 0. The van der Waals surface area contributed by atoms with Gasteiger partial charge in [0.1, 0.15) is 0 Å². The molecule has 1 aliphatic rings. The number of rotatable bonds is 5. The molecule has 1 aliphatic heterocycles. The van der Waals surface area contributed by atoms with E-state index in [1.54, 1.807) is 0 Å². The van der Waals surface area contributed by atoms with E-state index >= 15 is 0 Å². The summed E-state index contributed by atoms with van der Waals surface area (Å²) in [5.41, 5.74) is 4.22. The Morgan fingerprint density at radius 1 is 1.35 bits per heavy atom. The van der Waals surface area contributed by atoms with Gasteiger partial charge in [-0.05, 0) is 55.5 Å². The number of hydrogen-bond acceptors (Lipinski definition) is 3. The van der Waals surface area contributed by atoms with Gasteiger partial charge in [-0.15, -0.1) is 11.3 Å².